The summed E-state index contributed by atoms with van der Waals surface area (Å²) in [6.07, 6.45) is 0. The Morgan fingerprint density at radius 3 is 2.63 bits per heavy atom. The number of carbonyl (C=O) groups is 1. The fraction of sp³-hybridized carbons (Fsp3) is 0.0714. The molecule has 0 fully saturated rings. The number of hydrogen-bond acceptors (Lipinski definition) is 1. The zero-order valence-electron chi connectivity index (χ0n) is 10.0. The van der Waals surface area contributed by atoms with Gasteiger partial charge >= 0.3 is 0 Å². The lowest BCUT2D eigenvalue weighted by Gasteiger charge is -2.09. The van der Waals surface area contributed by atoms with Crippen LogP contribution in [0.4, 0.5) is 10.1 Å². The summed E-state index contributed by atoms with van der Waals surface area (Å²) in [5, 5.41) is 3.40. The van der Waals surface area contributed by atoms with E-state index >= 15 is 0 Å². The normalized spacial score (nSPS) is 10.3. The summed E-state index contributed by atoms with van der Waals surface area (Å²) in [4.78, 5) is 12.1. The minimum absolute atomic E-state index is 0.266. The maximum absolute atomic E-state index is 13.0. The summed E-state index contributed by atoms with van der Waals surface area (Å²) in [5.74, 6) is -0.618. The fourth-order valence-corrected chi connectivity index (χ4v) is 2.67. The van der Waals surface area contributed by atoms with Crippen molar-refractivity contribution in [2.45, 2.75) is 6.92 Å². The first-order valence-corrected chi connectivity index (χ1v) is 6.95. The summed E-state index contributed by atoms with van der Waals surface area (Å²) in [6.45, 7) is 1.70. The van der Waals surface area contributed by atoms with E-state index in [9.17, 15) is 9.18 Å². The second-order valence-corrected chi connectivity index (χ2v) is 5.64. The van der Waals surface area contributed by atoms with Crippen molar-refractivity contribution < 1.29 is 9.18 Å². The van der Waals surface area contributed by atoms with Crippen molar-refractivity contribution in [1.29, 1.82) is 0 Å². The number of hydrogen-bond donors (Lipinski definition) is 1. The minimum atomic E-state index is -0.352. The lowest BCUT2D eigenvalue weighted by atomic mass is 10.1. The van der Waals surface area contributed by atoms with Gasteiger partial charge in [0.2, 0.25) is 0 Å². The highest BCUT2D eigenvalue weighted by atomic mass is 127. The first-order valence-electron chi connectivity index (χ1n) is 5.50. The Morgan fingerprint density at radius 2 is 2.00 bits per heavy atom. The third-order valence-corrected chi connectivity index (χ3v) is 3.74. The predicted molar refractivity (Wildman–Crippen MR) is 83.3 cm³/mol. The van der Waals surface area contributed by atoms with Crippen LogP contribution in [0.1, 0.15) is 15.9 Å². The highest BCUT2D eigenvalue weighted by Gasteiger charge is 2.11. The number of nitrogens with one attached hydrogen (secondary N) is 1. The third-order valence-electron chi connectivity index (χ3n) is 2.61. The van der Waals surface area contributed by atoms with E-state index in [0.717, 1.165) is 3.57 Å². The molecule has 0 aliphatic carbocycles. The van der Waals surface area contributed by atoms with Gasteiger partial charge in [-0.2, -0.15) is 0 Å². The maximum Gasteiger partial charge on any atom is 0.255 e. The van der Waals surface area contributed by atoms with Crippen LogP contribution in [0.25, 0.3) is 0 Å². The Labute approximate surface area is 129 Å². The van der Waals surface area contributed by atoms with Gasteiger partial charge in [0, 0.05) is 14.2 Å². The van der Waals surface area contributed by atoms with E-state index in [0.29, 0.717) is 21.8 Å². The van der Waals surface area contributed by atoms with Crippen LogP contribution in [0.3, 0.4) is 0 Å². The Balaban J connectivity index is 2.25. The first kappa shape index (κ1) is 14.3. The number of carbonyl (C=O) groups excluding carboxylic acids is 1. The molecule has 2 aromatic carbocycles. The number of rotatable bonds is 2. The molecule has 2 aromatic rings. The fourth-order valence-electron chi connectivity index (χ4n) is 1.66. The van der Waals surface area contributed by atoms with E-state index in [1.807, 2.05) is 0 Å². The van der Waals surface area contributed by atoms with Gasteiger partial charge in [0.1, 0.15) is 5.82 Å². The molecule has 0 atom stereocenters. The molecule has 1 N–H and O–H groups in total. The van der Waals surface area contributed by atoms with E-state index in [2.05, 4.69) is 27.9 Å². The van der Waals surface area contributed by atoms with Gasteiger partial charge in [0.25, 0.3) is 5.91 Å². The average Bonchev–Trinajstić information content (AvgIpc) is 2.32. The topological polar surface area (TPSA) is 29.1 Å². The Kier molecular flexibility index (Phi) is 4.42. The maximum atomic E-state index is 13.0. The second kappa shape index (κ2) is 5.88. The standard InChI is InChI=1S/C14H10ClFINO/c1-8-6-10(16)3-4-11(8)14(19)18-13-5-2-9(15)7-12(13)17/h2-7H,1H3,(H,18,19). The van der Waals surface area contributed by atoms with Crippen LogP contribution in [0.15, 0.2) is 36.4 Å². The highest BCUT2D eigenvalue weighted by Crippen LogP contribution is 2.23. The smallest absolute Gasteiger partial charge is 0.255 e. The van der Waals surface area contributed by atoms with Gasteiger partial charge in [-0.25, -0.2) is 4.39 Å². The third kappa shape index (κ3) is 3.45. The van der Waals surface area contributed by atoms with Crippen LogP contribution >= 0.6 is 34.2 Å². The summed E-state index contributed by atoms with van der Waals surface area (Å²) >= 11 is 7.95. The number of anilines is 1. The van der Waals surface area contributed by atoms with Crippen molar-refractivity contribution >= 4 is 45.8 Å². The van der Waals surface area contributed by atoms with Crippen LogP contribution in [0.2, 0.25) is 5.02 Å². The number of halogens is 3. The minimum Gasteiger partial charge on any atom is -0.321 e. The SMILES string of the molecule is Cc1cc(F)ccc1C(=O)Nc1ccc(Cl)cc1I. The van der Waals surface area contributed by atoms with E-state index in [1.54, 1.807) is 25.1 Å². The summed E-state index contributed by atoms with van der Waals surface area (Å²) in [6, 6.07) is 9.28. The van der Waals surface area contributed by atoms with Gasteiger partial charge in [0.05, 0.1) is 5.69 Å². The molecule has 2 nitrogen and oxygen atoms in total. The Hall–Kier alpha value is -1.14. The molecule has 5 heteroatoms. The van der Waals surface area contributed by atoms with E-state index in [4.69, 9.17) is 11.6 Å². The monoisotopic (exact) mass is 389 g/mol. The molecule has 98 valence electrons. The van der Waals surface area contributed by atoms with Crippen LogP contribution in [0.5, 0.6) is 0 Å². The van der Waals surface area contributed by atoms with Gasteiger partial charge in [0.15, 0.2) is 0 Å². The van der Waals surface area contributed by atoms with Crippen molar-refractivity contribution in [3.63, 3.8) is 0 Å². The van der Waals surface area contributed by atoms with Gasteiger partial charge < -0.3 is 5.32 Å². The molecular weight excluding hydrogens is 380 g/mol. The van der Waals surface area contributed by atoms with Crippen LogP contribution in [-0.4, -0.2) is 5.91 Å². The van der Waals surface area contributed by atoms with E-state index in [-0.39, 0.29) is 11.7 Å². The summed E-state index contributed by atoms with van der Waals surface area (Å²) in [7, 11) is 0. The molecule has 0 aliphatic rings. The van der Waals surface area contributed by atoms with E-state index in [1.165, 1.54) is 18.2 Å². The quantitative estimate of drug-likeness (QED) is 0.745. The number of benzene rings is 2. The predicted octanol–water partition coefficient (Wildman–Crippen LogP) is 4.64. The molecule has 1 amide bonds. The second-order valence-electron chi connectivity index (χ2n) is 4.04. The van der Waals surface area contributed by atoms with Crippen molar-refractivity contribution in [2.75, 3.05) is 5.32 Å². The van der Waals surface area contributed by atoms with Gasteiger partial charge in [-0.1, -0.05) is 11.6 Å². The van der Waals surface area contributed by atoms with Crippen LogP contribution < -0.4 is 5.32 Å². The van der Waals surface area contributed by atoms with Gasteiger partial charge in [-0.15, -0.1) is 0 Å². The summed E-state index contributed by atoms with van der Waals surface area (Å²) < 4.78 is 13.8. The Bertz CT molecular complexity index is 645. The molecular formula is C14H10ClFINO. The highest BCUT2D eigenvalue weighted by molar-refractivity contribution is 14.1. The van der Waals surface area contributed by atoms with Gasteiger partial charge in [-0.05, 0) is 71.5 Å². The molecule has 0 radical (unpaired) electrons. The van der Waals surface area contributed by atoms with E-state index < -0.39 is 0 Å². The molecule has 0 unspecified atom stereocenters. The molecule has 0 aromatic heterocycles. The molecule has 0 saturated heterocycles. The zero-order chi connectivity index (χ0) is 14.0. The molecule has 0 heterocycles. The van der Waals surface area contributed by atoms with Crippen molar-refractivity contribution in [3.8, 4) is 0 Å². The van der Waals surface area contributed by atoms with Crippen LogP contribution in [0, 0.1) is 16.3 Å². The van der Waals surface area contributed by atoms with Crippen molar-refractivity contribution in [1.82, 2.24) is 0 Å². The van der Waals surface area contributed by atoms with Gasteiger partial charge in [-0.3, -0.25) is 4.79 Å². The van der Waals surface area contributed by atoms with Crippen molar-refractivity contribution in [3.05, 3.63) is 61.9 Å². The summed E-state index contributed by atoms with van der Waals surface area (Å²) in [5.41, 5.74) is 1.73. The molecule has 0 bridgehead atoms. The largest absolute Gasteiger partial charge is 0.321 e. The Morgan fingerprint density at radius 1 is 1.26 bits per heavy atom. The lowest BCUT2D eigenvalue weighted by molar-refractivity contribution is 0.102. The molecule has 0 saturated carbocycles. The molecule has 0 aliphatic heterocycles. The molecule has 2 rings (SSSR count). The lowest BCUT2D eigenvalue weighted by Crippen LogP contribution is -2.14. The number of aryl methyl sites for hydroxylation is 1. The first-order chi connectivity index (χ1) is 8.97. The molecule has 0 spiro atoms. The average molecular weight is 390 g/mol. The number of amides is 1. The zero-order valence-corrected chi connectivity index (χ0v) is 12.9. The van der Waals surface area contributed by atoms with Crippen molar-refractivity contribution in [2.24, 2.45) is 0 Å². The van der Waals surface area contributed by atoms with Crippen LogP contribution in [-0.2, 0) is 0 Å². The molecule has 19 heavy (non-hydrogen) atoms.